The first-order chi connectivity index (χ1) is 11.1. The number of ether oxygens (including phenoxy) is 1. The maximum Gasteiger partial charge on any atom is 0.335 e. The number of carboxylic acid groups (broad SMARTS) is 1. The summed E-state index contributed by atoms with van der Waals surface area (Å²) < 4.78 is 5.17. The van der Waals surface area contributed by atoms with Crippen LogP contribution in [0.25, 0.3) is 0 Å². The summed E-state index contributed by atoms with van der Waals surface area (Å²) in [5, 5.41) is 19.3. The Morgan fingerprint density at radius 2 is 2.17 bits per heavy atom. The third kappa shape index (κ3) is 2.98. The number of benzene rings is 1. The lowest BCUT2D eigenvalue weighted by atomic mass is 10.1. The van der Waals surface area contributed by atoms with Gasteiger partial charge >= 0.3 is 5.97 Å². The molecule has 0 spiro atoms. The van der Waals surface area contributed by atoms with Gasteiger partial charge in [0.2, 0.25) is 0 Å². The Morgan fingerprint density at radius 1 is 1.35 bits per heavy atom. The van der Waals surface area contributed by atoms with E-state index in [1.165, 1.54) is 0 Å². The van der Waals surface area contributed by atoms with Gasteiger partial charge in [0.1, 0.15) is 11.8 Å². The fourth-order valence-corrected chi connectivity index (χ4v) is 2.43. The van der Waals surface area contributed by atoms with Gasteiger partial charge in [0.15, 0.2) is 0 Å². The van der Waals surface area contributed by atoms with Crippen molar-refractivity contribution in [1.29, 1.82) is 0 Å². The minimum absolute atomic E-state index is 0.162. The molecule has 0 amide bonds. The molecule has 23 heavy (non-hydrogen) atoms. The molecule has 1 aliphatic rings. The summed E-state index contributed by atoms with van der Waals surface area (Å²) in [4.78, 5) is 15.3. The number of pyridine rings is 1. The highest BCUT2D eigenvalue weighted by Gasteiger charge is 2.24. The number of carbonyl (C=O) groups is 1. The smallest absolute Gasteiger partial charge is 0.335 e. The number of nitrogens with zero attached hydrogens (tertiary/aromatic N) is 4. The van der Waals surface area contributed by atoms with E-state index in [4.69, 9.17) is 9.84 Å². The molecule has 118 valence electrons. The zero-order valence-electron chi connectivity index (χ0n) is 12.8. The largest absolute Gasteiger partial charge is 0.495 e. The Kier molecular flexibility index (Phi) is 3.92. The molecule has 3 rings (SSSR count). The molecule has 2 aromatic rings. The Morgan fingerprint density at radius 3 is 2.91 bits per heavy atom. The molecular weight excluding hydrogens is 296 g/mol. The van der Waals surface area contributed by atoms with Gasteiger partial charge in [-0.15, -0.1) is 0 Å². The minimum atomic E-state index is -0.962. The van der Waals surface area contributed by atoms with Crippen molar-refractivity contribution in [3.63, 3.8) is 0 Å². The monoisotopic (exact) mass is 312 g/mol. The first kappa shape index (κ1) is 15.0. The summed E-state index contributed by atoms with van der Waals surface area (Å²) in [6.07, 6.45) is 3.37. The van der Waals surface area contributed by atoms with Crippen LogP contribution in [-0.2, 0) is 0 Å². The summed E-state index contributed by atoms with van der Waals surface area (Å²) in [6.45, 7) is 2.44. The fourth-order valence-electron chi connectivity index (χ4n) is 2.43. The molecule has 7 heteroatoms. The third-order valence-corrected chi connectivity index (χ3v) is 3.73. The van der Waals surface area contributed by atoms with Gasteiger partial charge in [0.05, 0.1) is 31.1 Å². The summed E-state index contributed by atoms with van der Waals surface area (Å²) in [5.74, 6) is -0.295. The van der Waals surface area contributed by atoms with Gasteiger partial charge in [-0.1, -0.05) is 11.3 Å². The standard InChI is InChI=1S/C16H16N4O3/c1-10-3-4-11(16(21)22)6-15(10)20-9-14(18-19-20)12-5-13(23-2)8-17-7-12/h3-8,14H,9H2,1-2H3,(H,21,22). The minimum Gasteiger partial charge on any atom is -0.495 e. The number of rotatable bonds is 4. The van der Waals surface area contributed by atoms with E-state index in [0.29, 0.717) is 12.3 Å². The van der Waals surface area contributed by atoms with Crippen molar-refractivity contribution in [1.82, 2.24) is 4.98 Å². The average Bonchev–Trinajstić information content (AvgIpc) is 3.05. The molecule has 1 aromatic carbocycles. The first-order valence-corrected chi connectivity index (χ1v) is 7.09. The normalized spacial score (nSPS) is 16.6. The van der Waals surface area contributed by atoms with Gasteiger partial charge < -0.3 is 9.84 Å². The van der Waals surface area contributed by atoms with Crippen molar-refractivity contribution in [2.75, 3.05) is 18.7 Å². The highest BCUT2D eigenvalue weighted by atomic mass is 16.5. The first-order valence-electron chi connectivity index (χ1n) is 7.09. The quantitative estimate of drug-likeness (QED) is 0.937. The van der Waals surface area contributed by atoms with E-state index in [0.717, 1.165) is 16.8 Å². The SMILES string of the molecule is COc1cncc(C2CN(c3cc(C(=O)O)ccc3C)N=N2)c1. The lowest BCUT2D eigenvalue weighted by Gasteiger charge is -2.17. The predicted octanol–water partition coefficient (Wildman–Crippen LogP) is 3.03. The second kappa shape index (κ2) is 6.04. The molecule has 0 saturated heterocycles. The highest BCUT2D eigenvalue weighted by Crippen LogP contribution is 2.32. The summed E-state index contributed by atoms with van der Waals surface area (Å²) in [7, 11) is 1.59. The van der Waals surface area contributed by atoms with Crippen molar-refractivity contribution >= 4 is 11.7 Å². The number of methoxy groups -OCH3 is 1. The van der Waals surface area contributed by atoms with Gasteiger partial charge in [-0.2, -0.15) is 5.11 Å². The van der Waals surface area contributed by atoms with Crippen LogP contribution in [0.3, 0.4) is 0 Å². The van der Waals surface area contributed by atoms with E-state index in [2.05, 4.69) is 15.3 Å². The number of hydrogen-bond donors (Lipinski definition) is 1. The van der Waals surface area contributed by atoms with Crippen LogP contribution < -0.4 is 9.75 Å². The molecular formula is C16H16N4O3. The maximum atomic E-state index is 11.1. The van der Waals surface area contributed by atoms with Gasteiger partial charge in [0.25, 0.3) is 0 Å². The second-order valence-electron chi connectivity index (χ2n) is 5.27. The van der Waals surface area contributed by atoms with E-state index >= 15 is 0 Å². The van der Waals surface area contributed by atoms with E-state index in [9.17, 15) is 4.79 Å². The molecule has 1 atom stereocenters. The van der Waals surface area contributed by atoms with Gasteiger partial charge in [-0.25, -0.2) is 9.80 Å². The van der Waals surface area contributed by atoms with Crippen LogP contribution in [-0.4, -0.2) is 29.7 Å². The highest BCUT2D eigenvalue weighted by molar-refractivity contribution is 5.89. The zero-order valence-corrected chi connectivity index (χ0v) is 12.8. The van der Waals surface area contributed by atoms with Crippen LogP contribution in [0.15, 0.2) is 47.0 Å². The number of aromatic nitrogens is 1. The van der Waals surface area contributed by atoms with Crippen molar-refractivity contribution in [2.45, 2.75) is 13.0 Å². The van der Waals surface area contributed by atoms with E-state index in [1.807, 2.05) is 13.0 Å². The lowest BCUT2D eigenvalue weighted by molar-refractivity contribution is 0.0697. The van der Waals surface area contributed by atoms with Gasteiger partial charge in [0, 0.05) is 11.8 Å². The van der Waals surface area contributed by atoms with Crippen molar-refractivity contribution in [3.05, 3.63) is 53.3 Å². The molecule has 0 saturated carbocycles. The molecule has 0 bridgehead atoms. The van der Waals surface area contributed by atoms with E-state index in [1.54, 1.807) is 42.7 Å². The maximum absolute atomic E-state index is 11.1. The van der Waals surface area contributed by atoms with Crippen LogP contribution in [0.4, 0.5) is 5.69 Å². The Labute approximate surface area is 133 Å². The number of hydrogen-bond acceptors (Lipinski definition) is 6. The van der Waals surface area contributed by atoms with Crippen LogP contribution in [0, 0.1) is 6.92 Å². The zero-order chi connectivity index (χ0) is 16.4. The van der Waals surface area contributed by atoms with Crippen LogP contribution in [0.1, 0.15) is 27.5 Å². The molecule has 1 aliphatic heterocycles. The lowest BCUT2D eigenvalue weighted by Crippen LogP contribution is -2.18. The average molecular weight is 312 g/mol. The Balaban J connectivity index is 1.84. The molecule has 0 fully saturated rings. The third-order valence-electron chi connectivity index (χ3n) is 3.73. The fraction of sp³-hybridized carbons (Fsp3) is 0.250. The summed E-state index contributed by atoms with van der Waals surface area (Å²) >= 11 is 0. The molecule has 7 nitrogen and oxygen atoms in total. The molecule has 1 unspecified atom stereocenters. The van der Waals surface area contributed by atoms with Crippen molar-refractivity contribution in [3.8, 4) is 5.75 Å². The predicted molar refractivity (Wildman–Crippen MR) is 83.9 cm³/mol. The van der Waals surface area contributed by atoms with Gasteiger partial charge in [-0.05, 0) is 30.7 Å². The van der Waals surface area contributed by atoms with Crippen molar-refractivity contribution < 1.29 is 14.6 Å². The Bertz CT molecular complexity index is 776. The van der Waals surface area contributed by atoms with E-state index in [-0.39, 0.29) is 11.6 Å². The summed E-state index contributed by atoms with van der Waals surface area (Å²) in [5.41, 5.74) is 2.82. The number of aromatic carboxylic acids is 1. The number of anilines is 1. The van der Waals surface area contributed by atoms with Crippen LogP contribution >= 0.6 is 0 Å². The van der Waals surface area contributed by atoms with Crippen LogP contribution in [0.2, 0.25) is 0 Å². The van der Waals surface area contributed by atoms with Crippen molar-refractivity contribution in [2.24, 2.45) is 10.3 Å². The molecule has 1 N–H and O–H groups in total. The molecule has 0 radical (unpaired) electrons. The molecule has 0 aliphatic carbocycles. The molecule has 2 heterocycles. The van der Waals surface area contributed by atoms with Gasteiger partial charge in [-0.3, -0.25) is 4.98 Å². The number of carboxylic acids is 1. The number of aryl methyl sites for hydroxylation is 1. The topological polar surface area (TPSA) is 87.4 Å². The molecule has 1 aromatic heterocycles. The summed E-state index contributed by atoms with van der Waals surface area (Å²) in [6, 6.07) is 6.68. The second-order valence-corrected chi connectivity index (χ2v) is 5.27. The van der Waals surface area contributed by atoms with E-state index < -0.39 is 5.97 Å². The van der Waals surface area contributed by atoms with Crippen LogP contribution in [0.5, 0.6) is 5.75 Å². The Hall–Kier alpha value is -2.96.